The molecule has 0 saturated carbocycles. The van der Waals surface area contributed by atoms with Crippen LogP contribution in [0.4, 0.5) is 5.82 Å². The molecule has 0 aliphatic carbocycles. The van der Waals surface area contributed by atoms with Crippen molar-refractivity contribution in [3.8, 4) is 0 Å². The summed E-state index contributed by atoms with van der Waals surface area (Å²) in [5.41, 5.74) is 8.54. The Balaban J connectivity index is 1.14. The lowest BCUT2D eigenvalue weighted by Gasteiger charge is -2.43. The van der Waals surface area contributed by atoms with Crippen LogP contribution in [-0.2, 0) is 30.0 Å². The SMILES string of the molecule is Cn1c(=O)n(C)c2cc(CCC(=O)N3CCC4(CC3)COC[C@@](C)(O)[C@H](n3cnc5c(N)ncnc53)C4)ccc21. The number of carbonyl (C=O) groups excluding carboxylic acids is 1. The molecule has 2 aliphatic heterocycles. The molecule has 2 saturated heterocycles. The first-order valence-electron chi connectivity index (χ1n) is 13.7. The minimum absolute atomic E-state index is 0.0599. The van der Waals surface area contributed by atoms with Crippen LogP contribution in [0.15, 0.2) is 35.6 Å². The van der Waals surface area contributed by atoms with Gasteiger partial charge in [-0.05, 0) is 55.7 Å². The van der Waals surface area contributed by atoms with E-state index in [2.05, 4.69) is 15.0 Å². The van der Waals surface area contributed by atoms with E-state index in [9.17, 15) is 14.7 Å². The van der Waals surface area contributed by atoms with Gasteiger partial charge in [0.15, 0.2) is 11.5 Å². The number of carbonyl (C=O) groups is 1. The summed E-state index contributed by atoms with van der Waals surface area (Å²) in [6, 6.07) is 5.62. The Bertz CT molecular complexity index is 1640. The van der Waals surface area contributed by atoms with Crippen molar-refractivity contribution < 1.29 is 14.6 Å². The fourth-order valence-corrected chi connectivity index (χ4v) is 6.45. The lowest BCUT2D eigenvalue weighted by molar-refractivity contribution is -0.134. The zero-order chi connectivity index (χ0) is 28.2. The second-order valence-corrected chi connectivity index (χ2v) is 11.8. The van der Waals surface area contributed by atoms with Gasteiger partial charge in [0.25, 0.3) is 0 Å². The standard InChI is InChI=1S/C28H36N8O4/c1-27(39)14-40-15-28(13-21(27)36-17-32-23-24(29)30-16-31-25(23)36)8-10-35(11-9-28)22(37)7-5-18-4-6-19-20(12-18)34(3)26(38)33(19)2/h4,6,12,16-17,21,39H,5,7-11,13-15H2,1-3H3,(H2,29,30,31)/t21-,27-/m1/s1. The first-order valence-corrected chi connectivity index (χ1v) is 13.7. The third-order valence-corrected chi connectivity index (χ3v) is 9.01. The van der Waals surface area contributed by atoms with Crippen molar-refractivity contribution in [2.75, 3.05) is 32.0 Å². The molecular weight excluding hydrogens is 512 g/mol. The van der Waals surface area contributed by atoms with Crippen molar-refractivity contribution in [2.24, 2.45) is 19.5 Å². The van der Waals surface area contributed by atoms with E-state index in [1.807, 2.05) is 27.7 Å². The van der Waals surface area contributed by atoms with Crippen LogP contribution < -0.4 is 11.4 Å². The molecule has 1 amide bonds. The van der Waals surface area contributed by atoms with Crippen molar-refractivity contribution in [2.45, 2.75) is 50.7 Å². The van der Waals surface area contributed by atoms with Gasteiger partial charge in [0.05, 0.1) is 36.6 Å². The largest absolute Gasteiger partial charge is 0.386 e. The van der Waals surface area contributed by atoms with Crippen LogP contribution in [0.3, 0.4) is 0 Å². The normalized spacial score (nSPS) is 23.2. The summed E-state index contributed by atoms with van der Waals surface area (Å²) in [6.07, 6.45) is 6.36. The van der Waals surface area contributed by atoms with Crippen LogP contribution in [0.5, 0.6) is 0 Å². The number of nitrogens with two attached hydrogens (primary N) is 1. The van der Waals surface area contributed by atoms with E-state index in [0.717, 1.165) is 29.4 Å². The lowest BCUT2D eigenvalue weighted by Crippen LogP contribution is -2.46. The van der Waals surface area contributed by atoms with Crippen molar-refractivity contribution in [1.82, 2.24) is 33.6 Å². The van der Waals surface area contributed by atoms with Crippen molar-refractivity contribution in [3.63, 3.8) is 0 Å². The number of piperidine rings is 1. The van der Waals surface area contributed by atoms with Gasteiger partial charge < -0.3 is 25.0 Å². The number of benzene rings is 1. The molecular formula is C28H36N8O4. The molecule has 1 spiro atoms. The van der Waals surface area contributed by atoms with Crippen LogP contribution in [0.2, 0.25) is 0 Å². The predicted molar refractivity (Wildman–Crippen MR) is 150 cm³/mol. The van der Waals surface area contributed by atoms with Crippen LogP contribution in [0.25, 0.3) is 22.2 Å². The van der Waals surface area contributed by atoms with E-state index in [1.54, 1.807) is 36.5 Å². The van der Waals surface area contributed by atoms with Gasteiger partial charge in [-0.1, -0.05) is 6.07 Å². The molecule has 1 aromatic carbocycles. The van der Waals surface area contributed by atoms with E-state index in [4.69, 9.17) is 10.5 Å². The van der Waals surface area contributed by atoms with Gasteiger partial charge >= 0.3 is 5.69 Å². The number of aryl methyl sites for hydroxylation is 3. The highest BCUT2D eigenvalue weighted by Gasteiger charge is 2.47. The minimum atomic E-state index is -1.13. The molecule has 0 bridgehead atoms. The molecule has 6 rings (SSSR count). The fraction of sp³-hybridized carbons (Fsp3) is 0.536. The average molecular weight is 549 g/mol. The highest BCUT2D eigenvalue weighted by Crippen LogP contribution is 2.46. The van der Waals surface area contributed by atoms with Crippen molar-refractivity contribution in [3.05, 3.63) is 46.9 Å². The number of hydrogen-bond acceptors (Lipinski definition) is 8. The highest BCUT2D eigenvalue weighted by molar-refractivity contribution is 5.81. The molecule has 2 fully saturated rings. The molecule has 0 unspecified atom stereocenters. The fourth-order valence-electron chi connectivity index (χ4n) is 6.45. The smallest absolute Gasteiger partial charge is 0.328 e. The summed E-state index contributed by atoms with van der Waals surface area (Å²) in [5, 5.41) is 11.4. The number of amides is 1. The number of imidazole rings is 2. The maximum absolute atomic E-state index is 13.2. The Morgan fingerprint density at radius 1 is 1.12 bits per heavy atom. The number of nitrogens with zero attached hydrogens (tertiary/aromatic N) is 7. The van der Waals surface area contributed by atoms with Gasteiger partial charge in [-0.15, -0.1) is 0 Å². The molecule has 3 aromatic heterocycles. The highest BCUT2D eigenvalue weighted by atomic mass is 16.5. The quantitative estimate of drug-likeness (QED) is 0.391. The zero-order valence-corrected chi connectivity index (χ0v) is 23.2. The van der Waals surface area contributed by atoms with Gasteiger partial charge in [0.1, 0.15) is 17.4 Å². The number of nitrogen functional groups attached to an aromatic ring is 1. The first kappa shape index (κ1) is 26.5. The van der Waals surface area contributed by atoms with E-state index in [0.29, 0.717) is 55.9 Å². The minimum Gasteiger partial charge on any atom is -0.386 e. The molecule has 40 heavy (non-hydrogen) atoms. The molecule has 0 radical (unpaired) electrons. The number of hydrogen-bond donors (Lipinski definition) is 2. The summed E-state index contributed by atoms with van der Waals surface area (Å²) in [4.78, 5) is 40.2. The first-order chi connectivity index (χ1) is 19.1. The average Bonchev–Trinajstić information content (AvgIpc) is 3.42. The topological polar surface area (TPSA) is 146 Å². The molecule has 2 aliphatic rings. The molecule has 212 valence electrons. The molecule has 3 N–H and O–H groups in total. The van der Waals surface area contributed by atoms with Crippen LogP contribution in [0, 0.1) is 5.41 Å². The Hall–Kier alpha value is -3.77. The number of likely N-dealkylation sites (tertiary alicyclic amines) is 1. The molecule has 4 aromatic rings. The summed E-state index contributed by atoms with van der Waals surface area (Å²) in [5.74, 6) is 0.435. The summed E-state index contributed by atoms with van der Waals surface area (Å²) >= 11 is 0. The second kappa shape index (κ2) is 9.70. The number of aromatic nitrogens is 6. The molecule has 5 heterocycles. The van der Waals surface area contributed by atoms with E-state index >= 15 is 0 Å². The van der Waals surface area contributed by atoms with Gasteiger partial charge in [-0.3, -0.25) is 13.9 Å². The van der Waals surface area contributed by atoms with Crippen LogP contribution in [0.1, 0.15) is 44.2 Å². The summed E-state index contributed by atoms with van der Waals surface area (Å²) < 4.78 is 11.2. The number of rotatable bonds is 4. The Morgan fingerprint density at radius 3 is 2.65 bits per heavy atom. The van der Waals surface area contributed by atoms with Crippen molar-refractivity contribution >= 4 is 33.9 Å². The monoisotopic (exact) mass is 548 g/mol. The molecule has 2 atom stereocenters. The molecule has 12 nitrogen and oxygen atoms in total. The number of aliphatic hydroxyl groups is 1. The lowest BCUT2D eigenvalue weighted by atomic mass is 9.72. The Labute approximate surface area is 231 Å². The van der Waals surface area contributed by atoms with Crippen molar-refractivity contribution in [1.29, 1.82) is 0 Å². The van der Waals surface area contributed by atoms with Crippen LogP contribution in [-0.4, -0.2) is 76.5 Å². The number of fused-ring (bicyclic) bond motifs is 2. The third kappa shape index (κ3) is 4.44. The van der Waals surface area contributed by atoms with Gasteiger partial charge in [0, 0.05) is 33.6 Å². The maximum atomic E-state index is 13.2. The van der Waals surface area contributed by atoms with E-state index in [1.165, 1.54) is 6.33 Å². The predicted octanol–water partition coefficient (Wildman–Crippen LogP) is 1.55. The van der Waals surface area contributed by atoms with E-state index in [-0.39, 0.29) is 29.7 Å². The third-order valence-electron chi connectivity index (χ3n) is 9.01. The van der Waals surface area contributed by atoms with Crippen LogP contribution >= 0.6 is 0 Å². The Morgan fingerprint density at radius 2 is 1.88 bits per heavy atom. The van der Waals surface area contributed by atoms with E-state index < -0.39 is 5.60 Å². The van der Waals surface area contributed by atoms with Gasteiger partial charge in [0.2, 0.25) is 5.91 Å². The maximum Gasteiger partial charge on any atom is 0.328 e. The number of ether oxygens (including phenoxy) is 1. The molecule has 12 heteroatoms. The van der Waals surface area contributed by atoms with Gasteiger partial charge in [-0.25, -0.2) is 19.7 Å². The zero-order valence-electron chi connectivity index (χ0n) is 23.2. The Kier molecular flexibility index (Phi) is 6.42. The number of anilines is 1. The summed E-state index contributed by atoms with van der Waals surface area (Å²) in [7, 11) is 3.53. The van der Waals surface area contributed by atoms with Gasteiger partial charge in [-0.2, -0.15) is 0 Å². The summed E-state index contributed by atoms with van der Waals surface area (Å²) in [6.45, 7) is 3.80. The second-order valence-electron chi connectivity index (χ2n) is 11.8.